The van der Waals surface area contributed by atoms with Gasteiger partial charge in [-0.25, -0.2) is 0 Å². The number of carbonyl (C=O) groups excluding carboxylic acids is 1. The fourth-order valence-corrected chi connectivity index (χ4v) is 0.732. The molecule has 0 aromatic rings. The average Bonchev–Trinajstić information content (AvgIpc) is 2.04. The summed E-state index contributed by atoms with van der Waals surface area (Å²) < 4.78 is 10.3. The maximum absolute atomic E-state index is 9.98. The minimum atomic E-state index is -1.19. The van der Waals surface area contributed by atoms with E-state index in [9.17, 15) is 14.5 Å². The van der Waals surface area contributed by atoms with Crippen LogP contribution in [0.25, 0.3) is 0 Å². The van der Waals surface area contributed by atoms with E-state index < -0.39 is 5.97 Å². The second kappa shape index (κ2) is 8.45. The molecule has 0 heterocycles. The summed E-state index contributed by atoms with van der Waals surface area (Å²) in [6.07, 6.45) is 0. The molecule has 0 saturated carbocycles. The fourth-order valence-electron chi connectivity index (χ4n) is 0.411. The Morgan fingerprint density at radius 1 is 1.60 bits per heavy atom. The number of aliphatic carboxylic acids is 1. The number of rotatable bonds is 3. The van der Waals surface area contributed by atoms with Crippen LogP contribution in [0.3, 0.4) is 0 Å². The molecule has 0 rings (SSSR count). The van der Waals surface area contributed by atoms with Gasteiger partial charge < -0.3 is 9.90 Å². The van der Waals surface area contributed by atoms with Crippen molar-refractivity contribution in [1.82, 2.24) is 0 Å². The predicted octanol–water partition coefficient (Wildman–Crippen LogP) is -0.424. The second-order valence-corrected chi connectivity index (χ2v) is 3.77. The van der Waals surface area contributed by atoms with Crippen molar-refractivity contribution in [3.63, 3.8) is 0 Å². The summed E-state index contributed by atoms with van der Waals surface area (Å²) in [7, 11) is 3.54. The van der Waals surface area contributed by atoms with Gasteiger partial charge in [-0.1, -0.05) is 6.58 Å². The SMILES string of the molecule is C=C(C)C(=O)[O-].C[N+](C)(C#P=O)CCO. The van der Waals surface area contributed by atoms with E-state index in [1.807, 2.05) is 14.1 Å². The van der Waals surface area contributed by atoms with E-state index in [0.29, 0.717) is 11.0 Å². The van der Waals surface area contributed by atoms with Gasteiger partial charge in [-0.05, 0) is 12.5 Å². The number of hydrogen-bond acceptors (Lipinski definition) is 4. The Bertz CT molecular complexity index is 306. The molecule has 0 saturated heterocycles. The van der Waals surface area contributed by atoms with Crippen LogP contribution < -0.4 is 5.11 Å². The molecule has 15 heavy (non-hydrogen) atoms. The van der Waals surface area contributed by atoms with Crippen molar-refractivity contribution in [2.45, 2.75) is 6.92 Å². The van der Waals surface area contributed by atoms with E-state index in [2.05, 4.69) is 12.3 Å². The van der Waals surface area contributed by atoms with Gasteiger partial charge in [0.2, 0.25) is 0 Å². The number of hydrogen-bond donors (Lipinski definition) is 1. The number of quaternary nitrogens is 1. The molecule has 0 aliphatic heterocycles. The van der Waals surface area contributed by atoms with Crippen LogP contribution in [0.15, 0.2) is 12.2 Å². The molecule has 1 N–H and O–H groups in total. The molecule has 0 atom stereocenters. The molecule has 0 bridgehead atoms. The van der Waals surface area contributed by atoms with E-state index >= 15 is 0 Å². The summed E-state index contributed by atoms with van der Waals surface area (Å²) in [6.45, 7) is 5.12. The molecule has 86 valence electrons. The van der Waals surface area contributed by atoms with Crippen LogP contribution in [-0.4, -0.2) is 42.8 Å². The van der Waals surface area contributed by atoms with Crippen molar-refractivity contribution in [3.05, 3.63) is 12.2 Å². The van der Waals surface area contributed by atoms with Gasteiger partial charge in [-0.2, -0.15) is 0 Å². The van der Waals surface area contributed by atoms with Gasteiger partial charge in [-0.15, -0.1) is 0 Å². The monoisotopic (exact) mass is 233 g/mol. The molecular formula is C9H16NO4P. The topological polar surface area (TPSA) is 77.4 Å². The van der Waals surface area contributed by atoms with Crippen LogP contribution in [0, 0.1) is 5.75 Å². The van der Waals surface area contributed by atoms with Gasteiger partial charge in [0.05, 0.1) is 5.97 Å². The third-order valence-electron chi connectivity index (χ3n) is 1.32. The summed E-state index contributed by atoms with van der Waals surface area (Å²) in [6, 6.07) is 0. The summed E-state index contributed by atoms with van der Waals surface area (Å²) >= 11 is 0. The molecule has 5 nitrogen and oxygen atoms in total. The Morgan fingerprint density at radius 3 is 2.20 bits per heavy atom. The summed E-state index contributed by atoms with van der Waals surface area (Å²) in [4.78, 5) is 9.49. The molecule has 0 aromatic carbocycles. The van der Waals surface area contributed by atoms with Crippen molar-refractivity contribution < 1.29 is 24.1 Å². The average molecular weight is 233 g/mol. The van der Waals surface area contributed by atoms with Crippen molar-refractivity contribution in [2.75, 3.05) is 27.2 Å². The molecule has 0 unspecified atom stereocenters. The first-order valence-corrected chi connectivity index (χ1v) is 4.98. The number of carboxylic acids is 1. The summed E-state index contributed by atoms with van der Waals surface area (Å²) in [5, 5.41) is 18.0. The molecule has 0 aromatic heterocycles. The molecule has 0 aliphatic carbocycles. The zero-order valence-electron chi connectivity index (χ0n) is 9.19. The van der Waals surface area contributed by atoms with Crippen LogP contribution >= 0.6 is 7.92 Å². The van der Waals surface area contributed by atoms with Gasteiger partial charge in [0.1, 0.15) is 0 Å². The number of aliphatic hydroxyl groups is 1. The molecule has 0 aliphatic rings. The van der Waals surface area contributed by atoms with Crippen molar-refractivity contribution in [1.29, 1.82) is 0 Å². The number of nitrogens with zero attached hydrogens (tertiary/aromatic N) is 1. The van der Waals surface area contributed by atoms with Crippen LogP contribution in [-0.2, 0) is 9.36 Å². The Balaban J connectivity index is 0. The Hall–Kier alpha value is -0.860. The third-order valence-corrected chi connectivity index (χ3v) is 1.94. The molecular weight excluding hydrogens is 217 g/mol. The van der Waals surface area contributed by atoms with Crippen LogP contribution in [0.5, 0.6) is 0 Å². The van der Waals surface area contributed by atoms with Crippen LogP contribution in [0.2, 0.25) is 0 Å². The van der Waals surface area contributed by atoms with Crippen molar-refractivity contribution in [2.24, 2.45) is 0 Å². The molecule has 6 heteroatoms. The molecule has 0 radical (unpaired) electrons. The van der Waals surface area contributed by atoms with Gasteiger partial charge in [-0.3, -0.25) is 0 Å². The zero-order valence-corrected chi connectivity index (χ0v) is 10.1. The second-order valence-electron chi connectivity index (χ2n) is 3.39. The first-order chi connectivity index (χ1) is 6.76. The fraction of sp³-hybridized carbons (Fsp3) is 0.556. The zero-order chi connectivity index (χ0) is 12.5. The molecule has 0 amide bonds. The first-order valence-electron chi connectivity index (χ1n) is 4.17. The number of likely N-dealkylation sites (N-methyl/N-ethyl adjacent to an activating group) is 1. The number of carboxylic acid groups (broad SMARTS) is 1. The number of carbonyl (C=O) groups is 1. The quantitative estimate of drug-likeness (QED) is 0.408. The minimum absolute atomic E-state index is 0.0648. The third kappa shape index (κ3) is 13.1. The van der Waals surface area contributed by atoms with E-state index in [1.165, 1.54) is 6.92 Å². The van der Waals surface area contributed by atoms with Gasteiger partial charge >= 0.3 is 55.1 Å². The molecule has 0 fully saturated rings. The van der Waals surface area contributed by atoms with E-state index in [-0.39, 0.29) is 20.1 Å². The van der Waals surface area contributed by atoms with Gasteiger partial charge in [0.15, 0.2) is 0 Å². The normalized spacial score (nSPS) is 9.33. The Kier molecular flexibility index (Phi) is 9.33. The standard InChI is InChI=1S/C5H11NO2P.C4H6O2/c1-6(2,3-4-7)5-9-8;1-3(2)4(5)6/h7H,3-4H2,1-2H3;1H2,2H3,(H,5,6)/q+1;/p-1. The van der Waals surface area contributed by atoms with E-state index in [1.54, 1.807) is 0 Å². The molecule has 0 spiro atoms. The van der Waals surface area contributed by atoms with E-state index in [0.717, 1.165) is 0 Å². The summed E-state index contributed by atoms with van der Waals surface area (Å²) in [5.74, 6) is 1.43. The van der Waals surface area contributed by atoms with Crippen molar-refractivity contribution >= 4 is 13.9 Å². The Morgan fingerprint density at radius 2 is 2.00 bits per heavy atom. The van der Waals surface area contributed by atoms with Crippen molar-refractivity contribution in [3.8, 4) is 5.75 Å². The number of aliphatic hydroxyl groups excluding tert-OH is 1. The Labute approximate surface area is 90.7 Å². The van der Waals surface area contributed by atoms with Crippen LogP contribution in [0.1, 0.15) is 6.92 Å². The van der Waals surface area contributed by atoms with Gasteiger partial charge in [0.25, 0.3) is 0 Å². The van der Waals surface area contributed by atoms with E-state index in [4.69, 9.17) is 5.11 Å². The summed E-state index contributed by atoms with van der Waals surface area (Å²) in [5.41, 5.74) is 0.0648. The first kappa shape index (κ1) is 16.6. The predicted molar refractivity (Wildman–Crippen MR) is 55.4 cm³/mol. The van der Waals surface area contributed by atoms with Crippen LogP contribution in [0.4, 0.5) is 0 Å². The maximum atomic E-state index is 9.98. The van der Waals surface area contributed by atoms with Gasteiger partial charge in [0, 0.05) is 0 Å².